The molecule has 1 aromatic carbocycles. The number of thiol groups is 1. The molecule has 1 aromatic rings. The Hall–Kier alpha value is -1.49. The molecule has 0 aliphatic heterocycles. The van der Waals surface area contributed by atoms with Crippen LogP contribution in [-0.4, -0.2) is 28.9 Å². The summed E-state index contributed by atoms with van der Waals surface area (Å²) in [4.78, 5) is 22.7. The topological polar surface area (TPSA) is 63.6 Å². The van der Waals surface area contributed by atoms with Crippen LogP contribution in [0.2, 0.25) is 0 Å². The average Bonchev–Trinajstić information content (AvgIpc) is 2.35. The van der Waals surface area contributed by atoms with Gasteiger partial charge in [0.05, 0.1) is 11.1 Å². The first-order valence-corrected chi connectivity index (χ1v) is 6.12. The Labute approximate surface area is 111 Å². The molecule has 0 aliphatic rings. The minimum absolute atomic E-state index is 0.0530. The Morgan fingerprint density at radius 1 is 1.28 bits per heavy atom. The van der Waals surface area contributed by atoms with Gasteiger partial charge < -0.3 is 9.84 Å². The molecule has 1 unspecified atom stereocenters. The van der Waals surface area contributed by atoms with Gasteiger partial charge >= 0.3 is 11.9 Å². The van der Waals surface area contributed by atoms with Crippen molar-refractivity contribution in [1.29, 1.82) is 0 Å². The minimum Gasteiger partial charge on any atom is -0.478 e. The quantitative estimate of drug-likeness (QED) is 0.636. The van der Waals surface area contributed by atoms with E-state index < -0.39 is 11.9 Å². The molecule has 1 rings (SSSR count). The third kappa shape index (κ3) is 3.77. The Morgan fingerprint density at radius 2 is 1.83 bits per heavy atom. The fraction of sp³-hybridized carbons (Fsp3) is 0.385. The monoisotopic (exact) mass is 268 g/mol. The largest absolute Gasteiger partial charge is 0.478 e. The maximum absolute atomic E-state index is 11.8. The van der Waals surface area contributed by atoms with Gasteiger partial charge in [-0.05, 0) is 18.1 Å². The van der Waals surface area contributed by atoms with Crippen LogP contribution < -0.4 is 0 Å². The SMILES string of the molecule is CC(C)C(S)COC(=O)c1ccccc1C(=O)O. The number of aromatic carboxylic acids is 1. The maximum Gasteiger partial charge on any atom is 0.339 e. The molecule has 4 nitrogen and oxygen atoms in total. The molecular weight excluding hydrogens is 252 g/mol. The summed E-state index contributed by atoms with van der Waals surface area (Å²) >= 11 is 4.28. The van der Waals surface area contributed by atoms with Crippen LogP contribution in [0, 0.1) is 5.92 Å². The number of carbonyl (C=O) groups is 2. The number of esters is 1. The zero-order valence-electron chi connectivity index (χ0n) is 10.3. The molecule has 0 fully saturated rings. The molecule has 18 heavy (non-hydrogen) atoms. The molecule has 1 atom stereocenters. The lowest BCUT2D eigenvalue weighted by Crippen LogP contribution is -2.20. The number of ether oxygens (including phenoxy) is 1. The van der Waals surface area contributed by atoms with Crippen LogP contribution in [0.4, 0.5) is 0 Å². The van der Waals surface area contributed by atoms with Crippen molar-refractivity contribution >= 4 is 24.6 Å². The smallest absolute Gasteiger partial charge is 0.339 e. The maximum atomic E-state index is 11.8. The van der Waals surface area contributed by atoms with Crippen molar-refractivity contribution < 1.29 is 19.4 Å². The highest BCUT2D eigenvalue weighted by atomic mass is 32.1. The Kier molecular flexibility index (Phi) is 5.22. The van der Waals surface area contributed by atoms with Gasteiger partial charge in [0.1, 0.15) is 6.61 Å². The van der Waals surface area contributed by atoms with Crippen LogP contribution in [-0.2, 0) is 4.74 Å². The van der Waals surface area contributed by atoms with Crippen molar-refractivity contribution in [3.8, 4) is 0 Å². The van der Waals surface area contributed by atoms with E-state index in [2.05, 4.69) is 12.6 Å². The van der Waals surface area contributed by atoms with Crippen molar-refractivity contribution in [2.45, 2.75) is 19.1 Å². The van der Waals surface area contributed by atoms with E-state index in [9.17, 15) is 9.59 Å². The standard InChI is InChI=1S/C13H16O4S/c1-8(2)11(18)7-17-13(16)10-6-4-3-5-9(10)12(14)15/h3-6,8,11,18H,7H2,1-2H3,(H,14,15). The van der Waals surface area contributed by atoms with Gasteiger partial charge in [-0.3, -0.25) is 0 Å². The van der Waals surface area contributed by atoms with Gasteiger partial charge in [-0.15, -0.1) is 0 Å². The first-order valence-electron chi connectivity index (χ1n) is 5.61. The lowest BCUT2D eigenvalue weighted by molar-refractivity contribution is 0.0485. The summed E-state index contributed by atoms with van der Waals surface area (Å²) < 4.78 is 5.06. The van der Waals surface area contributed by atoms with E-state index in [1.807, 2.05) is 13.8 Å². The van der Waals surface area contributed by atoms with Gasteiger partial charge in [-0.2, -0.15) is 12.6 Å². The molecule has 0 amide bonds. The van der Waals surface area contributed by atoms with Crippen molar-refractivity contribution in [1.82, 2.24) is 0 Å². The van der Waals surface area contributed by atoms with Gasteiger partial charge in [0.25, 0.3) is 0 Å². The summed E-state index contributed by atoms with van der Waals surface area (Å²) in [6.07, 6.45) is 0. The van der Waals surface area contributed by atoms with Gasteiger partial charge in [0.2, 0.25) is 0 Å². The highest BCUT2D eigenvalue weighted by molar-refractivity contribution is 7.81. The summed E-state index contributed by atoms with van der Waals surface area (Å²) in [5.41, 5.74) is 0.0112. The highest BCUT2D eigenvalue weighted by Crippen LogP contribution is 2.13. The Bertz CT molecular complexity index is 442. The number of carbonyl (C=O) groups excluding carboxylic acids is 1. The second-order valence-corrected chi connectivity index (χ2v) is 4.92. The van der Waals surface area contributed by atoms with Crippen molar-refractivity contribution in [2.75, 3.05) is 6.61 Å². The van der Waals surface area contributed by atoms with Gasteiger partial charge in [0.15, 0.2) is 0 Å². The van der Waals surface area contributed by atoms with Crippen molar-refractivity contribution in [3.63, 3.8) is 0 Å². The van der Waals surface area contributed by atoms with Gasteiger partial charge in [-0.25, -0.2) is 9.59 Å². The fourth-order valence-electron chi connectivity index (χ4n) is 1.28. The van der Waals surface area contributed by atoms with E-state index in [4.69, 9.17) is 9.84 Å². The summed E-state index contributed by atoms with van der Waals surface area (Å²) in [5, 5.41) is 8.89. The van der Waals surface area contributed by atoms with Crippen LogP contribution in [0.5, 0.6) is 0 Å². The number of rotatable bonds is 5. The first kappa shape index (κ1) is 14.6. The number of hydrogen-bond acceptors (Lipinski definition) is 4. The lowest BCUT2D eigenvalue weighted by atomic mass is 10.1. The number of benzene rings is 1. The van der Waals surface area contributed by atoms with E-state index in [1.165, 1.54) is 12.1 Å². The molecule has 0 saturated carbocycles. The third-order valence-corrected chi connectivity index (χ3v) is 3.28. The predicted octanol–water partition coefficient (Wildman–Crippen LogP) is 2.50. The van der Waals surface area contributed by atoms with Crippen LogP contribution in [0.3, 0.4) is 0 Å². The predicted molar refractivity (Wildman–Crippen MR) is 71.3 cm³/mol. The molecule has 0 aliphatic carbocycles. The lowest BCUT2D eigenvalue weighted by Gasteiger charge is -2.15. The number of hydrogen-bond donors (Lipinski definition) is 2. The minimum atomic E-state index is -1.14. The van der Waals surface area contributed by atoms with E-state index in [-0.39, 0.29) is 28.9 Å². The van der Waals surface area contributed by atoms with E-state index >= 15 is 0 Å². The summed E-state index contributed by atoms with van der Waals surface area (Å²) in [7, 11) is 0. The summed E-state index contributed by atoms with van der Waals surface area (Å²) in [6.45, 7) is 4.10. The normalized spacial score (nSPS) is 12.2. The third-order valence-electron chi connectivity index (χ3n) is 2.53. The Balaban J connectivity index is 2.76. The van der Waals surface area contributed by atoms with Crippen LogP contribution in [0.15, 0.2) is 24.3 Å². The molecule has 5 heteroatoms. The molecule has 0 spiro atoms. The van der Waals surface area contributed by atoms with Crippen molar-refractivity contribution in [2.24, 2.45) is 5.92 Å². The molecular formula is C13H16O4S. The zero-order valence-corrected chi connectivity index (χ0v) is 11.2. The molecule has 0 bridgehead atoms. The molecule has 1 N–H and O–H groups in total. The second kappa shape index (κ2) is 6.44. The summed E-state index contributed by atoms with van der Waals surface area (Å²) in [5.74, 6) is -1.50. The molecule has 0 aromatic heterocycles. The average molecular weight is 268 g/mol. The van der Waals surface area contributed by atoms with Gasteiger partial charge in [0, 0.05) is 5.25 Å². The summed E-state index contributed by atoms with van der Waals surface area (Å²) in [6, 6.07) is 5.98. The zero-order chi connectivity index (χ0) is 13.7. The van der Waals surface area contributed by atoms with Gasteiger partial charge in [-0.1, -0.05) is 26.0 Å². The first-order chi connectivity index (χ1) is 8.43. The van der Waals surface area contributed by atoms with E-state index in [0.717, 1.165) is 0 Å². The van der Waals surface area contributed by atoms with Crippen LogP contribution in [0.1, 0.15) is 34.6 Å². The van der Waals surface area contributed by atoms with E-state index in [1.54, 1.807) is 12.1 Å². The highest BCUT2D eigenvalue weighted by Gasteiger charge is 2.18. The molecule has 98 valence electrons. The second-order valence-electron chi connectivity index (χ2n) is 4.26. The van der Waals surface area contributed by atoms with Crippen LogP contribution >= 0.6 is 12.6 Å². The van der Waals surface area contributed by atoms with Crippen LogP contribution in [0.25, 0.3) is 0 Å². The molecule has 0 radical (unpaired) electrons. The van der Waals surface area contributed by atoms with E-state index in [0.29, 0.717) is 0 Å². The fourth-order valence-corrected chi connectivity index (χ4v) is 1.35. The molecule has 0 saturated heterocycles. The Morgan fingerprint density at radius 3 is 2.33 bits per heavy atom. The van der Waals surface area contributed by atoms with Crippen molar-refractivity contribution in [3.05, 3.63) is 35.4 Å². The number of carboxylic acids is 1. The number of carboxylic acid groups (broad SMARTS) is 1. The molecule has 0 heterocycles.